The summed E-state index contributed by atoms with van der Waals surface area (Å²) in [4.78, 5) is 20.6. The highest BCUT2D eigenvalue weighted by Gasteiger charge is 2.18. The van der Waals surface area contributed by atoms with Crippen molar-refractivity contribution >= 4 is 5.91 Å². The lowest BCUT2D eigenvalue weighted by molar-refractivity contribution is -0.123. The van der Waals surface area contributed by atoms with Gasteiger partial charge in [0.05, 0.1) is 0 Å². The second-order valence-electron chi connectivity index (χ2n) is 5.77. The number of nitrogens with zero attached hydrogens (tertiary/aromatic N) is 3. The number of carbonyl (C=O) groups excluding carboxylic acids is 1. The van der Waals surface area contributed by atoms with Crippen molar-refractivity contribution in [2.24, 2.45) is 0 Å². The van der Waals surface area contributed by atoms with Gasteiger partial charge in [0.15, 0.2) is 0 Å². The van der Waals surface area contributed by atoms with E-state index in [0.29, 0.717) is 12.5 Å². The van der Waals surface area contributed by atoms with Crippen LogP contribution in [0.5, 0.6) is 0 Å². The average molecular weight is 300 g/mol. The number of pyridine rings is 1. The predicted molar refractivity (Wildman–Crippen MR) is 86.6 cm³/mol. The molecule has 0 aliphatic rings. The van der Waals surface area contributed by atoms with Gasteiger partial charge in [-0.05, 0) is 37.5 Å². The molecule has 1 amide bonds. The lowest BCUT2D eigenvalue weighted by atomic mass is 10.1. The summed E-state index contributed by atoms with van der Waals surface area (Å²) in [6.07, 6.45) is 9.08. The standard InChI is InChI=1S/C17H24N4O/c1-13(2)16-19-11-12-21(16)14(3)17(22)20-8-4-5-15-6-9-18-10-7-15/h6-7,9-14H,4-5,8H2,1-3H3,(H,20,22). The minimum atomic E-state index is -0.235. The fraction of sp³-hybridized carbons (Fsp3) is 0.471. The Morgan fingerprint density at radius 1 is 1.23 bits per heavy atom. The van der Waals surface area contributed by atoms with Crippen LogP contribution in [0.25, 0.3) is 0 Å². The first kappa shape index (κ1) is 16.2. The number of amides is 1. The fourth-order valence-corrected chi connectivity index (χ4v) is 2.43. The van der Waals surface area contributed by atoms with E-state index in [1.165, 1.54) is 5.56 Å². The Kier molecular flexibility index (Phi) is 5.69. The van der Waals surface area contributed by atoms with Crippen LogP contribution in [-0.4, -0.2) is 27.0 Å². The van der Waals surface area contributed by atoms with Gasteiger partial charge in [-0.15, -0.1) is 0 Å². The first-order chi connectivity index (χ1) is 10.6. The van der Waals surface area contributed by atoms with Crippen molar-refractivity contribution in [3.63, 3.8) is 0 Å². The number of nitrogens with one attached hydrogen (secondary N) is 1. The highest BCUT2D eigenvalue weighted by atomic mass is 16.2. The van der Waals surface area contributed by atoms with Crippen molar-refractivity contribution in [3.8, 4) is 0 Å². The van der Waals surface area contributed by atoms with Crippen LogP contribution in [0.1, 0.15) is 50.5 Å². The zero-order chi connectivity index (χ0) is 15.9. The first-order valence-corrected chi connectivity index (χ1v) is 7.79. The number of hydrogen-bond acceptors (Lipinski definition) is 3. The van der Waals surface area contributed by atoms with Crippen LogP contribution in [0.4, 0.5) is 0 Å². The second kappa shape index (κ2) is 7.73. The summed E-state index contributed by atoms with van der Waals surface area (Å²) in [6.45, 7) is 6.75. The van der Waals surface area contributed by atoms with E-state index in [2.05, 4.69) is 29.1 Å². The minimum absolute atomic E-state index is 0.0367. The molecule has 22 heavy (non-hydrogen) atoms. The third-order valence-electron chi connectivity index (χ3n) is 3.70. The molecular formula is C17H24N4O. The van der Waals surface area contributed by atoms with Crippen molar-refractivity contribution in [1.29, 1.82) is 0 Å². The maximum Gasteiger partial charge on any atom is 0.242 e. The van der Waals surface area contributed by atoms with Crippen LogP contribution in [0.3, 0.4) is 0 Å². The molecule has 118 valence electrons. The molecule has 0 saturated heterocycles. The van der Waals surface area contributed by atoms with Gasteiger partial charge in [-0.1, -0.05) is 13.8 Å². The van der Waals surface area contributed by atoms with E-state index >= 15 is 0 Å². The van der Waals surface area contributed by atoms with Crippen molar-refractivity contribution in [2.75, 3.05) is 6.54 Å². The van der Waals surface area contributed by atoms with Crippen LogP contribution in [0.15, 0.2) is 36.9 Å². The Hall–Kier alpha value is -2.17. The lowest BCUT2D eigenvalue weighted by Crippen LogP contribution is -2.32. The molecule has 0 aliphatic heterocycles. The van der Waals surface area contributed by atoms with Gasteiger partial charge in [0.1, 0.15) is 11.9 Å². The normalized spacial score (nSPS) is 12.4. The molecule has 2 aromatic rings. The molecule has 0 saturated carbocycles. The van der Waals surface area contributed by atoms with Crippen LogP contribution in [-0.2, 0) is 11.2 Å². The largest absolute Gasteiger partial charge is 0.354 e. The molecule has 2 heterocycles. The monoisotopic (exact) mass is 300 g/mol. The van der Waals surface area contributed by atoms with Crippen molar-refractivity contribution in [3.05, 3.63) is 48.3 Å². The van der Waals surface area contributed by atoms with E-state index in [-0.39, 0.29) is 11.9 Å². The van der Waals surface area contributed by atoms with E-state index in [4.69, 9.17) is 0 Å². The van der Waals surface area contributed by atoms with Gasteiger partial charge in [0, 0.05) is 37.3 Å². The number of rotatable bonds is 7. The maximum atomic E-state index is 12.3. The average Bonchev–Trinajstić information content (AvgIpc) is 3.01. The molecule has 0 spiro atoms. The van der Waals surface area contributed by atoms with Crippen molar-refractivity contribution in [2.45, 2.75) is 45.6 Å². The van der Waals surface area contributed by atoms with Crippen LogP contribution >= 0.6 is 0 Å². The lowest BCUT2D eigenvalue weighted by Gasteiger charge is -2.17. The summed E-state index contributed by atoms with van der Waals surface area (Å²) in [5.41, 5.74) is 1.24. The molecule has 0 radical (unpaired) electrons. The highest BCUT2D eigenvalue weighted by Crippen LogP contribution is 2.17. The second-order valence-corrected chi connectivity index (χ2v) is 5.77. The quantitative estimate of drug-likeness (QED) is 0.800. The van der Waals surface area contributed by atoms with Crippen LogP contribution in [0.2, 0.25) is 0 Å². The molecule has 0 bridgehead atoms. The molecule has 1 N–H and O–H groups in total. The predicted octanol–water partition coefficient (Wildman–Crippen LogP) is 2.71. The Labute approximate surface area is 131 Å². The molecule has 0 aliphatic carbocycles. The number of imidazole rings is 1. The Morgan fingerprint density at radius 2 is 1.95 bits per heavy atom. The summed E-state index contributed by atoms with van der Waals surface area (Å²) in [5, 5.41) is 3.00. The van der Waals surface area contributed by atoms with Crippen molar-refractivity contribution < 1.29 is 4.79 Å². The van der Waals surface area contributed by atoms with E-state index in [0.717, 1.165) is 18.7 Å². The summed E-state index contributed by atoms with van der Waals surface area (Å²) in [7, 11) is 0. The molecule has 5 nitrogen and oxygen atoms in total. The summed E-state index contributed by atoms with van der Waals surface area (Å²) in [5.74, 6) is 1.28. The SMILES string of the molecule is CC(C)c1nccn1C(C)C(=O)NCCCc1ccncc1. The van der Waals surface area contributed by atoms with Crippen LogP contribution < -0.4 is 5.32 Å². The van der Waals surface area contributed by atoms with E-state index in [9.17, 15) is 4.79 Å². The molecule has 2 rings (SSSR count). The van der Waals surface area contributed by atoms with E-state index < -0.39 is 0 Å². The molecular weight excluding hydrogens is 276 g/mol. The zero-order valence-corrected chi connectivity index (χ0v) is 13.5. The van der Waals surface area contributed by atoms with Gasteiger partial charge in [0.25, 0.3) is 0 Å². The van der Waals surface area contributed by atoms with Gasteiger partial charge in [-0.25, -0.2) is 4.98 Å². The Bertz CT molecular complexity index is 592. The number of hydrogen-bond donors (Lipinski definition) is 1. The third-order valence-corrected chi connectivity index (χ3v) is 3.70. The van der Waals surface area contributed by atoms with Gasteiger partial charge >= 0.3 is 0 Å². The summed E-state index contributed by atoms with van der Waals surface area (Å²) >= 11 is 0. The fourth-order valence-electron chi connectivity index (χ4n) is 2.43. The summed E-state index contributed by atoms with van der Waals surface area (Å²) in [6, 6.07) is 3.77. The van der Waals surface area contributed by atoms with E-state index in [1.54, 1.807) is 18.6 Å². The Balaban J connectivity index is 1.80. The number of aromatic nitrogens is 3. The first-order valence-electron chi connectivity index (χ1n) is 7.79. The van der Waals surface area contributed by atoms with Gasteiger partial charge in [-0.3, -0.25) is 9.78 Å². The topological polar surface area (TPSA) is 59.8 Å². The Morgan fingerprint density at radius 3 is 2.64 bits per heavy atom. The molecule has 1 unspecified atom stereocenters. The molecule has 0 fully saturated rings. The molecule has 1 atom stereocenters. The number of aryl methyl sites for hydroxylation is 1. The molecule has 5 heteroatoms. The van der Waals surface area contributed by atoms with Gasteiger partial charge in [-0.2, -0.15) is 0 Å². The van der Waals surface area contributed by atoms with Gasteiger partial charge < -0.3 is 9.88 Å². The van der Waals surface area contributed by atoms with Gasteiger partial charge in [0.2, 0.25) is 5.91 Å². The van der Waals surface area contributed by atoms with Crippen molar-refractivity contribution in [1.82, 2.24) is 19.9 Å². The summed E-state index contributed by atoms with van der Waals surface area (Å²) < 4.78 is 1.95. The zero-order valence-electron chi connectivity index (χ0n) is 13.5. The molecule has 0 aromatic carbocycles. The highest BCUT2D eigenvalue weighted by molar-refractivity contribution is 5.79. The third kappa shape index (κ3) is 4.16. The minimum Gasteiger partial charge on any atom is -0.354 e. The molecule has 2 aromatic heterocycles. The number of carbonyl (C=O) groups is 1. The van der Waals surface area contributed by atoms with Crippen LogP contribution in [0, 0.1) is 0 Å². The van der Waals surface area contributed by atoms with E-state index in [1.807, 2.05) is 29.8 Å². The maximum absolute atomic E-state index is 12.3. The smallest absolute Gasteiger partial charge is 0.242 e.